The van der Waals surface area contributed by atoms with E-state index in [0.29, 0.717) is 61.8 Å². The lowest BCUT2D eigenvalue weighted by Crippen LogP contribution is -2.52. The van der Waals surface area contributed by atoms with Crippen LogP contribution in [0, 0.1) is 5.82 Å². The molecule has 1 amide bonds. The Morgan fingerprint density at radius 3 is 2.61 bits per heavy atom. The van der Waals surface area contributed by atoms with Crippen LogP contribution in [0.1, 0.15) is 62.1 Å². The van der Waals surface area contributed by atoms with Crippen LogP contribution < -0.4 is 14.2 Å². The van der Waals surface area contributed by atoms with Crippen molar-refractivity contribution in [1.29, 1.82) is 0 Å². The maximum absolute atomic E-state index is 13.9. The Morgan fingerprint density at radius 2 is 1.94 bits per heavy atom. The van der Waals surface area contributed by atoms with Gasteiger partial charge in [0.25, 0.3) is 5.91 Å². The van der Waals surface area contributed by atoms with Gasteiger partial charge in [-0.25, -0.2) is 4.39 Å². The van der Waals surface area contributed by atoms with Gasteiger partial charge in [-0.15, -0.1) is 0 Å². The second-order valence-corrected chi connectivity index (χ2v) is 8.94. The van der Waals surface area contributed by atoms with E-state index < -0.39 is 5.60 Å². The highest BCUT2D eigenvalue weighted by atomic mass is 19.1. The standard InChI is InChI=1S/C26H32FNO5/c1-5-31-24-16-26(33-22-15-19(27)7-8-20(22)24)10-12-28(13-11-26)25(29)18-6-9-21(32-17(2)3)23(14-18)30-4/h6-9,14-15,17,24H,5,10-13,16H2,1-4H3. The van der Waals surface area contributed by atoms with Crippen molar-refractivity contribution in [3.05, 3.63) is 53.3 Å². The fourth-order valence-electron chi connectivity index (χ4n) is 4.69. The lowest BCUT2D eigenvalue weighted by atomic mass is 9.81. The number of methoxy groups -OCH3 is 1. The summed E-state index contributed by atoms with van der Waals surface area (Å²) in [5.74, 6) is 1.32. The average molecular weight is 458 g/mol. The Balaban J connectivity index is 1.48. The number of nitrogens with zero attached hydrogens (tertiary/aromatic N) is 1. The van der Waals surface area contributed by atoms with Crippen LogP contribution in [0.15, 0.2) is 36.4 Å². The second-order valence-electron chi connectivity index (χ2n) is 8.94. The Labute approximate surface area is 194 Å². The number of piperidine rings is 1. The van der Waals surface area contributed by atoms with Gasteiger partial charge in [0.05, 0.1) is 19.3 Å². The minimum Gasteiger partial charge on any atom is -0.493 e. The molecule has 2 aliphatic rings. The van der Waals surface area contributed by atoms with Gasteiger partial charge in [-0.2, -0.15) is 0 Å². The molecule has 0 bridgehead atoms. The Kier molecular flexibility index (Phi) is 6.79. The topological polar surface area (TPSA) is 57.2 Å². The summed E-state index contributed by atoms with van der Waals surface area (Å²) in [6.07, 6.45) is 1.87. The summed E-state index contributed by atoms with van der Waals surface area (Å²) >= 11 is 0. The van der Waals surface area contributed by atoms with Crippen LogP contribution >= 0.6 is 0 Å². The van der Waals surface area contributed by atoms with E-state index in [9.17, 15) is 9.18 Å². The van der Waals surface area contributed by atoms with E-state index in [4.69, 9.17) is 18.9 Å². The Morgan fingerprint density at radius 1 is 1.18 bits per heavy atom. The van der Waals surface area contributed by atoms with Crippen LogP contribution in [0.4, 0.5) is 4.39 Å². The number of rotatable bonds is 6. The number of carbonyl (C=O) groups is 1. The molecule has 0 aromatic heterocycles. The third-order valence-corrected chi connectivity index (χ3v) is 6.31. The monoisotopic (exact) mass is 457 g/mol. The molecule has 6 nitrogen and oxygen atoms in total. The molecule has 7 heteroatoms. The number of fused-ring (bicyclic) bond motifs is 1. The molecule has 2 aliphatic heterocycles. The van der Waals surface area contributed by atoms with Gasteiger partial charge in [0.1, 0.15) is 17.2 Å². The summed E-state index contributed by atoms with van der Waals surface area (Å²) in [6.45, 7) is 7.51. The highest BCUT2D eigenvalue weighted by molar-refractivity contribution is 5.95. The fraction of sp³-hybridized carbons (Fsp3) is 0.500. The number of ether oxygens (including phenoxy) is 4. The molecule has 1 spiro atoms. The molecular formula is C26H32FNO5. The maximum Gasteiger partial charge on any atom is 0.253 e. The predicted octanol–water partition coefficient (Wildman–Crippen LogP) is 5.16. The van der Waals surface area contributed by atoms with E-state index in [1.54, 1.807) is 31.4 Å². The zero-order valence-electron chi connectivity index (χ0n) is 19.7. The molecule has 1 atom stereocenters. The van der Waals surface area contributed by atoms with Gasteiger partial charge in [-0.1, -0.05) is 0 Å². The fourth-order valence-corrected chi connectivity index (χ4v) is 4.69. The van der Waals surface area contributed by atoms with E-state index >= 15 is 0 Å². The van der Waals surface area contributed by atoms with Gasteiger partial charge >= 0.3 is 0 Å². The van der Waals surface area contributed by atoms with Crippen molar-refractivity contribution in [2.75, 3.05) is 26.8 Å². The molecule has 1 saturated heterocycles. The zero-order valence-corrected chi connectivity index (χ0v) is 19.7. The summed E-state index contributed by atoms with van der Waals surface area (Å²) < 4.78 is 37.4. The average Bonchev–Trinajstić information content (AvgIpc) is 2.79. The number of hydrogen-bond acceptors (Lipinski definition) is 5. The molecular weight excluding hydrogens is 425 g/mol. The van der Waals surface area contributed by atoms with Gasteiger partial charge in [0.15, 0.2) is 11.5 Å². The van der Waals surface area contributed by atoms with Crippen molar-refractivity contribution in [2.45, 2.75) is 57.8 Å². The molecule has 4 rings (SSSR count). The first-order valence-electron chi connectivity index (χ1n) is 11.6. The minimum absolute atomic E-state index is 0.00773. The Hall–Kier alpha value is -2.80. The minimum atomic E-state index is -0.468. The summed E-state index contributed by atoms with van der Waals surface area (Å²) in [6, 6.07) is 9.91. The van der Waals surface area contributed by atoms with E-state index in [1.165, 1.54) is 12.1 Å². The highest BCUT2D eigenvalue weighted by Gasteiger charge is 2.44. The third-order valence-electron chi connectivity index (χ3n) is 6.31. The number of carbonyl (C=O) groups excluding carboxylic acids is 1. The number of amides is 1. The molecule has 2 aromatic carbocycles. The first-order valence-corrected chi connectivity index (χ1v) is 11.6. The smallest absolute Gasteiger partial charge is 0.253 e. The van der Waals surface area contributed by atoms with Crippen molar-refractivity contribution in [1.82, 2.24) is 4.90 Å². The molecule has 2 heterocycles. The summed E-state index contributed by atoms with van der Waals surface area (Å²) in [7, 11) is 1.57. The first-order chi connectivity index (χ1) is 15.8. The van der Waals surface area contributed by atoms with E-state index in [2.05, 4.69) is 0 Å². The van der Waals surface area contributed by atoms with Gasteiger partial charge in [0.2, 0.25) is 0 Å². The molecule has 0 saturated carbocycles. The van der Waals surface area contributed by atoms with Gasteiger partial charge in [-0.05, 0) is 51.1 Å². The van der Waals surface area contributed by atoms with Gasteiger partial charge in [-0.3, -0.25) is 4.79 Å². The highest BCUT2D eigenvalue weighted by Crippen LogP contribution is 2.46. The predicted molar refractivity (Wildman–Crippen MR) is 123 cm³/mol. The molecule has 1 fully saturated rings. The van der Waals surface area contributed by atoms with Crippen LogP contribution in [0.2, 0.25) is 0 Å². The largest absolute Gasteiger partial charge is 0.493 e. The quantitative estimate of drug-likeness (QED) is 0.600. The molecule has 1 unspecified atom stereocenters. The van der Waals surface area contributed by atoms with Gasteiger partial charge < -0.3 is 23.8 Å². The maximum atomic E-state index is 13.9. The van der Waals surface area contributed by atoms with E-state index in [-0.39, 0.29) is 23.9 Å². The van der Waals surface area contributed by atoms with Crippen molar-refractivity contribution >= 4 is 5.91 Å². The third kappa shape index (κ3) is 4.93. The van der Waals surface area contributed by atoms with Crippen molar-refractivity contribution in [3.63, 3.8) is 0 Å². The summed E-state index contributed by atoms with van der Waals surface area (Å²) in [5, 5.41) is 0. The Bertz CT molecular complexity index is 1000. The molecule has 0 N–H and O–H groups in total. The zero-order chi connectivity index (χ0) is 23.6. The second kappa shape index (κ2) is 9.59. The number of hydrogen-bond donors (Lipinski definition) is 0. The van der Waals surface area contributed by atoms with Crippen LogP contribution in [0.25, 0.3) is 0 Å². The van der Waals surface area contributed by atoms with Crippen LogP contribution in [0.5, 0.6) is 17.2 Å². The van der Waals surface area contributed by atoms with Crippen LogP contribution in [0.3, 0.4) is 0 Å². The molecule has 0 radical (unpaired) electrons. The van der Waals surface area contributed by atoms with Crippen LogP contribution in [-0.2, 0) is 4.74 Å². The summed E-state index contributed by atoms with van der Waals surface area (Å²) in [5.41, 5.74) is 0.977. The molecule has 178 valence electrons. The van der Waals surface area contributed by atoms with Crippen molar-refractivity contribution < 1.29 is 28.1 Å². The van der Waals surface area contributed by atoms with Crippen molar-refractivity contribution in [2.24, 2.45) is 0 Å². The van der Waals surface area contributed by atoms with Crippen LogP contribution in [-0.4, -0.2) is 49.3 Å². The SMILES string of the molecule is CCOC1CC2(CCN(C(=O)c3ccc(OC(C)C)c(OC)c3)CC2)Oc2cc(F)ccc21. The number of likely N-dealkylation sites (tertiary alicyclic amines) is 1. The lowest BCUT2D eigenvalue weighted by molar-refractivity contribution is -0.0701. The normalized spacial score (nSPS) is 19.2. The number of benzene rings is 2. The molecule has 0 aliphatic carbocycles. The molecule has 33 heavy (non-hydrogen) atoms. The van der Waals surface area contributed by atoms with E-state index in [1.807, 2.05) is 25.7 Å². The summed E-state index contributed by atoms with van der Waals surface area (Å²) in [4.78, 5) is 15.0. The van der Waals surface area contributed by atoms with Gasteiger partial charge in [0, 0.05) is 56.2 Å². The lowest BCUT2D eigenvalue weighted by Gasteiger charge is -2.46. The number of halogens is 1. The first kappa shape index (κ1) is 23.4. The van der Waals surface area contributed by atoms with Crippen molar-refractivity contribution in [3.8, 4) is 17.2 Å². The van der Waals surface area contributed by atoms with E-state index in [0.717, 1.165) is 5.56 Å². The molecule has 2 aromatic rings.